The summed E-state index contributed by atoms with van der Waals surface area (Å²) in [7, 11) is 3.94. The van der Waals surface area contributed by atoms with E-state index in [2.05, 4.69) is 63.2 Å². The van der Waals surface area contributed by atoms with Crippen LogP contribution >= 0.6 is 27.7 Å². The van der Waals surface area contributed by atoms with Gasteiger partial charge in [0.15, 0.2) is 0 Å². The molecule has 2 aromatic carbocycles. The summed E-state index contributed by atoms with van der Waals surface area (Å²) in [5, 5.41) is 4.72. The largest absolute Gasteiger partial charge is 0.381 e. The summed E-state index contributed by atoms with van der Waals surface area (Å²) in [6.45, 7) is 2.87. The van der Waals surface area contributed by atoms with Crippen LogP contribution < -0.4 is 5.32 Å². The van der Waals surface area contributed by atoms with Gasteiger partial charge in [0.2, 0.25) is 0 Å². The quantitative estimate of drug-likeness (QED) is 0.489. The number of aryl methyl sites for hydroxylation is 1. The monoisotopic (exact) mass is 483 g/mol. The highest BCUT2D eigenvalue weighted by atomic mass is 79.9. The van der Waals surface area contributed by atoms with Crippen molar-refractivity contribution >= 4 is 50.1 Å². The molecule has 4 nitrogen and oxygen atoms in total. The Morgan fingerprint density at radius 1 is 1.13 bits per heavy atom. The van der Waals surface area contributed by atoms with Crippen molar-refractivity contribution in [2.45, 2.75) is 25.3 Å². The molecule has 1 atom stereocenters. The minimum Gasteiger partial charge on any atom is -0.381 e. The van der Waals surface area contributed by atoms with Gasteiger partial charge < -0.3 is 14.8 Å². The van der Waals surface area contributed by atoms with Gasteiger partial charge in [-0.1, -0.05) is 53.2 Å². The summed E-state index contributed by atoms with van der Waals surface area (Å²) in [4.78, 5) is 15.3. The number of amides is 1. The van der Waals surface area contributed by atoms with Gasteiger partial charge >= 0.3 is 0 Å². The smallest absolute Gasteiger partial charge is 0.257 e. The van der Waals surface area contributed by atoms with E-state index in [9.17, 15) is 4.79 Å². The Bertz CT molecular complexity index is 1110. The van der Waals surface area contributed by atoms with Crippen molar-refractivity contribution in [3.05, 3.63) is 76.0 Å². The first-order chi connectivity index (χ1) is 14.5. The lowest BCUT2D eigenvalue weighted by atomic mass is 10.0. The van der Waals surface area contributed by atoms with Crippen LogP contribution in [-0.4, -0.2) is 33.5 Å². The van der Waals surface area contributed by atoms with Crippen LogP contribution in [0.4, 0.5) is 0 Å². The van der Waals surface area contributed by atoms with E-state index in [-0.39, 0.29) is 11.3 Å². The van der Waals surface area contributed by atoms with E-state index >= 15 is 0 Å². The molecule has 0 saturated heterocycles. The van der Waals surface area contributed by atoms with Crippen LogP contribution in [0.2, 0.25) is 0 Å². The molecule has 0 aliphatic carbocycles. The lowest BCUT2D eigenvalue weighted by Gasteiger charge is -2.23. The minimum atomic E-state index is -0.00132. The number of carbonyl (C=O) groups excluding carboxylic acids is 1. The number of rotatable bonds is 7. The fourth-order valence-corrected chi connectivity index (χ4v) is 5.44. The van der Waals surface area contributed by atoms with Crippen molar-refractivity contribution in [2.75, 3.05) is 12.8 Å². The lowest BCUT2D eigenvalue weighted by Crippen LogP contribution is -2.32. The maximum atomic E-state index is 13.4. The first-order valence-corrected chi connectivity index (χ1v) is 12.0. The Morgan fingerprint density at radius 3 is 2.63 bits per heavy atom. The second kappa shape index (κ2) is 8.90. The molecule has 0 bridgehead atoms. The molecule has 2 heterocycles. The first kappa shape index (κ1) is 21.1. The molecule has 1 unspecified atom stereocenters. The number of thioether (sulfide) groups is 1. The van der Waals surface area contributed by atoms with Gasteiger partial charge in [0.1, 0.15) is 5.37 Å². The normalized spacial score (nSPS) is 16.7. The van der Waals surface area contributed by atoms with Gasteiger partial charge in [-0.05, 0) is 35.9 Å². The second-order valence-electron chi connectivity index (χ2n) is 7.58. The van der Waals surface area contributed by atoms with Crippen molar-refractivity contribution in [3.8, 4) is 0 Å². The summed E-state index contributed by atoms with van der Waals surface area (Å²) in [6.07, 6.45) is 3.15. The van der Waals surface area contributed by atoms with E-state index in [1.165, 1.54) is 5.56 Å². The zero-order valence-corrected chi connectivity index (χ0v) is 19.9. The van der Waals surface area contributed by atoms with Gasteiger partial charge in [-0.3, -0.25) is 4.79 Å². The summed E-state index contributed by atoms with van der Waals surface area (Å²) < 4.78 is 3.11. The van der Waals surface area contributed by atoms with Gasteiger partial charge in [-0.25, -0.2) is 0 Å². The average molecular weight is 484 g/mol. The van der Waals surface area contributed by atoms with E-state index in [1.807, 2.05) is 55.0 Å². The number of halogens is 1. The standard InChI is InChI=1S/C24H26BrN3OS/c1-4-12-30-24-22(26-14-16-8-6-5-7-9-16)21(23(29)28(24)3)19-15-27(2)20-11-10-17(25)13-18(19)20/h5-11,13,15,24,26H,4,12,14H2,1-3H3. The number of fused-ring (bicyclic) bond motifs is 1. The highest BCUT2D eigenvalue weighted by molar-refractivity contribution is 9.10. The van der Waals surface area contributed by atoms with Crippen LogP contribution in [0.1, 0.15) is 24.5 Å². The first-order valence-electron chi connectivity index (χ1n) is 10.2. The van der Waals surface area contributed by atoms with Crippen molar-refractivity contribution < 1.29 is 4.79 Å². The van der Waals surface area contributed by atoms with Gasteiger partial charge in [-0.15, -0.1) is 11.8 Å². The van der Waals surface area contributed by atoms with Gasteiger partial charge in [-0.2, -0.15) is 0 Å². The molecule has 1 aliphatic rings. The predicted molar refractivity (Wildman–Crippen MR) is 130 cm³/mol. The Labute approximate surface area is 190 Å². The summed E-state index contributed by atoms with van der Waals surface area (Å²) in [5.41, 5.74) is 5.10. The Balaban J connectivity index is 1.83. The lowest BCUT2D eigenvalue weighted by molar-refractivity contribution is -0.122. The van der Waals surface area contributed by atoms with Gasteiger partial charge in [0.05, 0.1) is 11.3 Å². The maximum Gasteiger partial charge on any atom is 0.257 e. The van der Waals surface area contributed by atoms with Crippen LogP contribution in [-0.2, 0) is 18.4 Å². The highest BCUT2D eigenvalue weighted by Crippen LogP contribution is 2.39. The van der Waals surface area contributed by atoms with E-state index in [1.54, 1.807) is 0 Å². The van der Waals surface area contributed by atoms with Crippen LogP contribution in [0.3, 0.4) is 0 Å². The van der Waals surface area contributed by atoms with E-state index < -0.39 is 0 Å². The molecule has 1 amide bonds. The third kappa shape index (κ3) is 3.91. The van der Waals surface area contributed by atoms with E-state index in [0.29, 0.717) is 6.54 Å². The van der Waals surface area contributed by atoms with Crippen LogP contribution in [0.5, 0.6) is 0 Å². The molecule has 1 N–H and O–H groups in total. The predicted octanol–water partition coefficient (Wildman–Crippen LogP) is 5.38. The molecule has 0 radical (unpaired) electrons. The molecular formula is C24H26BrN3OS. The number of nitrogens with zero attached hydrogens (tertiary/aromatic N) is 2. The van der Waals surface area contributed by atoms with Crippen molar-refractivity contribution in [2.24, 2.45) is 7.05 Å². The van der Waals surface area contributed by atoms with Crippen molar-refractivity contribution in [3.63, 3.8) is 0 Å². The van der Waals surface area contributed by atoms with Crippen LogP contribution in [0.15, 0.2) is 64.9 Å². The molecule has 6 heteroatoms. The third-order valence-electron chi connectivity index (χ3n) is 5.43. The Morgan fingerprint density at radius 2 is 1.90 bits per heavy atom. The second-order valence-corrected chi connectivity index (χ2v) is 9.69. The summed E-state index contributed by atoms with van der Waals surface area (Å²) >= 11 is 5.42. The van der Waals surface area contributed by atoms with E-state index in [0.717, 1.165) is 44.4 Å². The van der Waals surface area contributed by atoms with Crippen LogP contribution in [0.25, 0.3) is 16.5 Å². The number of benzene rings is 2. The Hall–Kier alpha value is -2.18. The number of likely N-dealkylation sites (N-methyl/N-ethyl adjacent to an activating group) is 1. The molecule has 4 rings (SSSR count). The summed E-state index contributed by atoms with van der Waals surface area (Å²) in [6, 6.07) is 16.6. The molecule has 156 valence electrons. The molecule has 30 heavy (non-hydrogen) atoms. The highest BCUT2D eigenvalue weighted by Gasteiger charge is 2.38. The molecule has 1 aromatic heterocycles. The molecule has 0 saturated carbocycles. The SMILES string of the molecule is CCCSC1C(NCc2ccccc2)=C(c2cn(C)c3ccc(Br)cc23)C(=O)N1C. The molecule has 3 aromatic rings. The van der Waals surface area contributed by atoms with Crippen molar-refractivity contribution in [1.29, 1.82) is 0 Å². The molecule has 0 spiro atoms. The zero-order valence-electron chi connectivity index (χ0n) is 17.5. The van der Waals surface area contributed by atoms with Gasteiger partial charge in [0, 0.05) is 47.8 Å². The van der Waals surface area contributed by atoms with Gasteiger partial charge in [0.25, 0.3) is 5.91 Å². The average Bonchev–Trinajstić information content (AvgIpc) is 3.18. The maximum absolute atomic E-state index is 13.4. The topological polar surface area (TPSA) is 37.3 Å². The molecular weight excluding hydrogens is 458 g/mol. The number of nitrogens with one attached hydrogen (secondary N) is 1. The third-order valence-corrected chi connectivity index (χ3v) is 7.43. The summed E-state index contributed by atoms with van der Waals surface area (Å²) in [5.74, 6) is 1.08. The number of carbonyl (C=O) groups is 1. The Kier molecular flexibility index (Phi) is 6.25. The fourth-order valence-electron chi connectivity index (χ4n) is 3.93. The van der Waals surface area contributed by atoms with Crippen molar-refractivity contribution in [1.82, 2.24) is 14.8 Å². The number of aromatic nitrogens is 1. The minimum absolute atomic E-state index is 0.00132. The molecule has 0 fully saturated rings. The number of hydrogen-bond acceptors (Lipinski definition) is 3. The number of hydrogen-bond donors (Lipinski definition) is 1. The molecule has 1 aliphatic heterocycles. The zero-order chi connectivity index (χ0) is 21.3. The van der Waals surface area contributed by atoms with Crippen LogP contribution in [0, 0.1) is 0 Å². The van der Waals surface area contributed by atoms with E-state index in [4.69, 9.17) is 0 Å². The fraction of sp³-hybridized carbons (Fsp3) is 0.292.